The lowest BCUT2D eigenvalue weighted by molar-refractivity contribution is -0.143. The molecule has 13 heavy (non-hydrogen) atoms. The Morgan fingerprint density at radius 3 is 2.54 bits per heavy atom. The molecule has 0 aromatic carbocycles. The van der Waals surface area contributed by atoms with Crippen LogP contribution in [-0.2, 0) is 9.53 Å². The molecule has 0 atom stereocenters. The molecule has 0 saturated heterocycles. The summed E-state index contributed by atoms with van der Waals surface area (Å²) in [4.78, 5) is 11.3. The predicted octanol–water partition coefficient (Wildman–Crippen LogP) is 3.04. The van der Waals surface area contributed by atoms with Crippen LogP contribution in [0.25, 0.3) is 0 Å². The van der Waals surface area contributed by atoms with Crippen LogP contribution in [0, 0.1) is 0 Å². The lowest BCUT2D eigenvalue weighted by Crippen LogP contribution is -2.28. The average molecular weight is 249 g/mol. The van der Waals surface area contributed by atoms with Gasteiger partial charge in [-0.2, -0.15) is 0 Å². The Kier molecular flexibility index (Phi) is 4.23. The van der Waals surface area contributed by atoms with Crippen molar-refractivity contribution in [2.45, 2.75) is 49.8 Å². The lowest BCUT2D eigenvalue weighted by Gasteiger charge is -2.30. The molecule has 1 aliphatic rings. The molecule has 0 aromatic heterocycles. The number of hydrogen-bond donors (Lipinski definition) is 0. The number of esters is 1. The minimum atomic E-state index is -0.0683. The molecule has 0 aliphatic heterocycles. The van der Waals surface area contributed by atoms with E-state index in [4.69, 9.17) is 4.74 Å². The number of halogens is 1. The summed E-state index contributed by atoms with van der Waals surface area (Å²) >= 11 is 3.67. The van der Waals surface area contributed by atoms with E-state index in [-0.39, 0.29) is 10.3 Å². The molecule has 0 radical (unpaired) electrons. The fraction of sp³-hybridized carbons (Fsp3) is 0.900. The van der Waals surface area contributed by atoms with Crippen molar-refractivity contribution in [2.75, 3.05) is 6.61 Å². The summed E-state index contributed by atoms with van der Waals surface area (Å²) in [6.45, 7) is 2.33. The molecular weight excluding hydrogens is 232 g/mol. The van der Waals surface area contributed by atoms with E-state index in [9.17, 15) is 4.79 Å². The van der Waals surface area contributed by atoms with E-state index in [2.05, 4.69) is 15.9 Å². The van der Waals surface area contributed by atoms with E-state index >= 15 is 0 Å². The highest BCUT2D eigenvalue weighted by molar-refractivity contribution is 9.10. The molecule has 0 amide bonds. The predicted molar refractivity (Wildman–Crippen MR) is 56.0 cm³/mol. The molecule has 2 nitrogen and oxygen atoms in total. The zero-order valence-corrected chi connectivity index (χ0v) is 9.73. The Labute approximate surface area is 88.2 Å². The maximum Gasteiger partial charge on any atom is 0.307 e. The lowest BCUT2D eigenvalue weighted by atomic mass is 9.87. The van der Waals surface area contributed by atoms with Crippen molar-refractivity contribution in [3.05, 3.63) is 0 Å². The second kappa shape index (κ2) is 4.99. The molecule has 0 bridgehead atoms. The summed E-state index contributed by atoms with van der Waals surface area (Å²) in [6.07, 6.45) is 6.49. The van der Waals surface area contributed by atoms with Gasteiger partial charge in [-0.1, -0.05) is 35.2 Å². The fourth-order valence-corrected chi connectivity index (χ4v) is 2.62. The first-order valence-corrected chi connectivity index (χ1v) is 5.80. The Morgan fingerprint density at radius 2 is 2.00 bits per heavy atom. The van der Waals surface area contributed by atoms with E-state index in [1.807, 2.05) is 6.92 Å². The zero-order valence-electron chi connectivity index (χ0n) is 8.14. The van der Waals surface area contributed by atoms with Crippen molar-refractivity contribution >= 4 is 21.9 Å². The molecule has 0 unspecified atom stereocenters. The van der Waals surface area contributed by atoms with Gasteiger partial charge < -0.3 is 4.74 Å². The smallest absolute Gasteiger partial charge is 0.307 e. The zero-order chi connectivity index (χ0) is 9.73. The van der Waals surface area contributed by atoms with Gasteiger partial charge in [-0.15, -0.1) is 0 Å². The average Bonchev–Trinajstić information content (AvgIpc) is 2.04. The summed E-state index contributed by atoms with van der Waals surface area (Å²) in [5.74, 6) is -0.0683. The van der Waals surface area contributed by atoms with Crippen LogP contribution < -0.4 is 0 Å². The second-order valence-corrected chi connectivity index (χ2v) is 5.38. The molecule has 1 saturated carbocycles. The SMILES string of the molecule is CCOC(=O)CC1(Br)CCCCC1. The first kappa shape index (κ1) is 11.0. The second-order valence-electron chi connectivity index (χ2n) is 3.69. The normalized spacial score (nSPS) is 21.1. The first-order valence-electron chi connectivity index (χ1n) is 5.01. The van der Waals surface area contributed by atoms with Gasteiger partial charge >= 0.3 is 5.97 Å². The van der Waals surface area contributed by atoms with E-state index in [0.29, 0.717) is 13.0 Å². The van der Waals surface area contributed by atoms with Crippen LogP contribution in [0.3, 0.4) is 0 Å². The third kappa shape index (κ3) is 3.67. The third-order valence-electron chi connectivity index (χ3n) is 2.52. The van der Waals surface area contributed by atoms with Gasteiger partial charge in [0.05, 0.1) is 13.0 Å². The van der Waals surface area contributed by atoms with Crippen LogP contribution >= 0.6 is 15.9 Å². The molecule has 1 aliphatic carbocycles. The summed E-state index contributed by atoms with van der Waals surface area (Å²) in [7, 11) is 0. The Balaban J connectivity index is 2.36. The Bertz CT molecular complexity index is 174. The molecule has 1 rings (SSSR count). The molecular formula is C10H17BrO2. The van der Waals surface area contributed by atoms with Crippen molar-refractivity contribution in [2.24, 2.45) is 0 Å². The van der Waals surface area contributed by atoms with Gasteiger partial charge in [0.1, 0.15) is 0 Å². The summed E-state index contributed by atoms with van der Waals surface area (Å²) in [6, 6.07) is 0. The van der Waals surface area contributed by atoms with Crippen molar-refractivity contribution in [3.63, 3.8) is 0 Å². The van der Waals surface area contributed by atoms with Gasteiger partial charge in [0.25, 0.3) is 0 Å². The number of carbonyl (C=O) groups is 1. The van der Waals surface area contributed by atoms with Crippen LogP contribution in [0.1, 0.15) is 45.4 Å². The van der Waals surface area contributed by atoms with Crippen molar-refractivity contribution in [3.8, 4) is 0 Å². The summed E-state index contributed by atoms with van der Waals surface area (Å²) < 4.78 is 4.98. The fourth-order valence-electron chi connectivity index (χ4n) is 1.83. The first-order chi connectivity index (χ1) is 6.16. The van der Waals surface area contributed by atoms with Crippen LogP contribution in [0.15, 0.2) is 0 Å². The largest absolute Gasteiger partial charge is 0.466 e. The molecule has 0 heterocycles. The number of ether oxygens (including phenoxy) is 1. The van der Waals surface area contributed by atoms with Gasteiger partial charge in [-0.25, -0.2) is 0 Å². The standard InChI is InChI=1S/C10H17BrO2/c1-2-13-9(12)8-10(11)6-4-3-5-7-10/h2-8H2,1H3. The van der Waals surface area contributed by atoms with Gasteiger partial charge in [0, 0.05) is 4.32 Å². The van der Waals surface area contributed by atoms with Crippen LogP contribution in [0.2, 0.25) is 0 Å². The monoisotopic (exact) mass is 248 g/mol. The molecule has 76 valence electrons. The highest BCUT2D eigenvalue weighted by atomic mass is 79.9. The van der Waals surface area contributed by atoms with E-state index in [1.54, 1.807) is 0 Å². The van der Waals surface area contributed by atoms with Gasteiger partial charge in [-0.3, -0.25) is 4.79 Å². The number of alkyl halides is 1. The molecule has 1 fully saturated rings. The summed E-state index contributed by atoms with van der Waals surface area (Å²) in [5, 5.41) is 0. The van der Waals surface area contributed by atoms with Crippen LogP contribution in [0.5, 0.6) is 0 Å². The maximum atomic E-state index is 11.3. The molecule has 0 spiro atoms. The van der Waals surface area contributed by atoms with Crippen molar-refractivity contribution in [1.29, 1.82) is 0 Å². The molecule has 3 heteroatoms. The van der Waals surface area contributed by atoms with E-state index in [1.165, 1.54) is 19.3 Å². The number of hydrogen-bond acceptors (Lipinski definition) is 2. The minimum absolute atomic E-state index is 0.0392. The topological polar surface area (TPSA) is 26.3 Å². The number of rotatable bonds is 3. The van der Waals surface area contributed by atoms with E-state index in [0.717, 1.165) is 12.8 Å². The quantitative estimate of drug-likeness (QED) is 0.567. The highest BCUT2D eigenvalue weighted by Crippen LogP contribution is 2.38. The minimum Gasteiger partial charge on any atom is -0.466 e. The Morgan fingerprint density at radius 1 is 1.38 bits per heavy atom. The highest BCUT2D eigenvalue weighted by Gasteiger charge is 2.31. The molecule has 0 N–H and O–H groups in total. The van der Waals surface area contributed by atoms with E-state index < -0.39 is 0 Å². The van der Waals surface area contributed by atoms with Gasteiger partial charge in [0.15, 0.2) is 0 Å². The third-order valence-corrected chi connectivity index (χ3v) is 3.59. The van der Waals surface area contributed by atoms with Crippen molar-refractivity contribution in [1.82, 2.24) is 0 Å². The summed E-state index contributed by atoms with van der Waals surface area (Å²) in [5.41, 5.74) is 0. The van der Waals surface area contributed by atoms with Crippen molar-refractivity contribution < 1.29 is 9.53 Å². The van der Waals surface area contributed by atoms with Crippen LogP contribution in [0.4, 0.5) is 0 Å². The van der Waals surface area contributed by atoms with Gasteiger partial charge in [-0.05, 0) is 19.8 Å². The van der Waals surface area contributed by atoms with Crippen LogP contribution in [-0.4, -0.2) is 16.9 Å². The Hall–Kier alpha value is -0.0500. The van der Waals surface area contributed by atoms with Gasteiger partial charge in [0.2, 0.25) is 0 Å². The maximum absolute atomic E-state index is 11.3. The number of carbonyl (C=O) groups excluding carboxylic acids is 1. The molecule has 0 aromatic rings.